The van der Waals surface area contributed by atoms with Crippen LogP contribution in [0.2, 0.25) is 0 Å². The van der Waals surface area contributed by atoms with Crippen molar-refractivity contribution in [1.82, 2.24) is 0 Å². The molecule has 4 nitrogen and oxygen atoms in total. The molecule has 1 aromatic carbocycles. The molecule has 0 aliphatic rings. The summed E-state index contributed by atoms with van der Waals surface area (Å²) in [5, 5.41) is 5.49. The van der Waals surface area contributed by atoms with Gasteiger partial charge < -0.3 is 10.6 Å². The molecule has 0 aromatic heterocycles. The summed E-state index contributed by atoms with van der Waals surface area (Å²) in [6.07, 6.45) is 0.803. The molecule has 1 atom stereocenters. The van der Waals surface area contributed by atoms with Crippen LogP contribution < -0.4 is 10.6 Å². The number of carbonyl (C=O) groups is 2. The molecule has 0 aliphatic heterocycles. The van der Waals surface area contributed by atoms with Gasteiger partial charge in [0.15, 0.2) is 0 Å². The van der Waals surface area contributed by atoms with Crippen LogP contribution in [0.15, 0.2) is 24.3 Å². The van der Waals surface area contributed by atoms with E-state index in [0.717, 1.165) is 6.42 Å². The summed E-state index contributed by atoms with van der Waals surface area (Å²) in [6.45, 7) is 5.30. The number of rotatable bonds is 4. The fourth-order valence-electron chi connectivity index (χ4n) is 1.33. The fourth-order valence-corrected chi connectivity index (χ4v) is 1.33. The normalized spacial score (nSPS) is 11.7. The minimum atomic E-state index is -0.129. The van der Waals surface area contributed by atoms with Crippen molar-refractivity contribution in [2.45, 2.75) is 27.2 Å². The van der Waals surface area contributed by atoms with Gasteiger partial charge in [0, 0.05) is 24.2 Å². The van der Waals surface area contributed by atoms with Crippen molar-refractivity contribution in [3.05, 3.63) is 24.3 Å². The minimum absolute atomic E-state index is 0.00697. The van der Waals surface area contributed by atoms with E-state index in [1.807, 2.05) is 13.8 Å². The van der Waals surface area contributed by atoms with Crippen LogP contribution in [0.3, 0.4) is 0 Å². The molecule has 0 saturated heterocycles. The number of amides is 2. The van der Waals surface area contributed by atoms with Crippen LogP contribution in [-0.2, 0) is 9.59 Å². The lowest BCUT2D eigenvalue weighted by Gasteiger charge is -2.11. The summed E-state index contributed by atoms with van der Waals surface area (Å²) in [5.74, 6) is -0.151. The summed E-state index contributed by atoms with van der Waals surface area (Å²) in [5.41, 5.74) is 1.38. The molecule has 1 aromatic rings. The van der Waals surface area contributed by atoms with Gasteiger partial charge >= 0.3 is 0 Å². The molecular weight excluding hydrogens is 216 g/mol. The summed E-state index contributed by atoms with van der Waals surface area (Å²) in [4.78, 5) is 22.6. The molecule has 1 unspecified atom stereocenters. The van der Waals surface area contributed by atoms with Gasteiger partial charge in [0.25, 0.3) is 0 Å². The molecule has 0 radical (unpaired) electrons. The Hall–Kier alpha value is -1.84. The Labute approximate surface area is 101 Å². The third-order valence-electron chi connectivity index (χ3n) is 2.51. The Morgan fingerprint density at radius 1 is 1.24 bits per heavy atom. The fraction of sp³-hybridized carbons (Fsp3) is 0.385. The maximum absolute atomic E-state index is 11.7. The largest absolute Gasteiger partial charge is 0.326 e. The van der Waals surface area contributed by atoms with E-state index >= 15 is 0 Å². The molecule has 0 heterocycles. The van der Waals surface area contributed by atoms with Crippen molar-refractivity contribution in [2.24, 2.45) is 5.92 Å². The standard InChI is InChI=1S/C13H18N2O2/c1-4-9(2)13(17)15-12-7-5-6-11(8-12)14-10(3)16/h5-9H,4H2,1-3H3,(H,14,16)(H,15,17). The first-order valence-corrected chi connectivity index (χ1v) is 5.71. The average Bonchev–Trinajstić information content (AvgIpc) is 2.27. The van der Waals surface area contributed by atoms with Gasteiger partial charge in [-0.3, -0.25) is 9.59 Å². The van der Waals surface area contributed by atoms with Crippen molar-refractivity contribution in [3.63, 3.8) is 0 Å². The number of hydrogen-bond donors (Lipinski definition) is 2. The van der Waals surface area contributed by atoms with Gasteiger partial charge in [0.1, 0.15) is 0 Å². The highest BCUT2D eigenvalue weighted by Crippen LogP contribution is 2.16. The zero-order valence-electron chi connectivity index (χ0n) is 10.4. The van der Waals surface area contributed by atoms with Gasteiger partial charge in [0.05, 0.1) is 0 Å². The summed E-state index contributed by atoms with van der Waals surface area (Å²) < 4.78 is 0. The highest BCUT2D eigenvalue weighted by molar-refractivity contribution is 5.94. The minimum Gasteiger partial charge on any atom is -0.326 e. The third kappa shape index (κ3) is 4.26. The zero-order chi connectivity index (χ0) is 12.8. The van der Waals surface area contributed by atoms with Crippen LogP contribution in [-0.4, -0.2) is 11.8 Å². The quantitative estimate of drug-likeness (QED) is 0.841. The van der Waals surface area contributed by atoms with E-state index < -0.39 is 0 Å². The average molecular weight is 234 g/mol. The first-order chi connectivity index (χ1) is 8.02. The summed E-state index contributed by atoms with van der Waals surface area (Å²) >= 11 is 0. The van der Waals surface area contributed by atoms with Crippen molar-refractivity contribution >= 4 is 23.2 Å². The van der Waals surface area contributed by atoms with Gasteiger partial charge in [-0.1, -0.05) is 19.9 Å². The molecule has 4 heteroatoms. The van der Waals surface area contributed by atoms with Crippen LogP contribution in [0.5, 0.6) is 0 Å². The maximum Gasteiger partial charge on any atom is 0.227 e. The van der Waals surface area contributed by atoms with E-state index in [2.05, 4.69) is 10.6 Å². The SMILES string of the molecule is CCC(C)C(=O)Nc1cccc(NC(C)=O)c1. The predicted molar refractivity (Wildman–Crippen MR) is 68.8 cm³/mol. The lowest BCUT2D eigenvalue weighted by Crippen LogP contribution is -2.19. The smallest absolute Gasteiger partial charge is 0.227 e. The first kappa shape index (κ1) is 13.2. The number of anilines is 2. The molecular formula is C13H18N2O2. The third-order valence-corrected chi connectivity index (χ3v) is 2.51. The van der Waals surface area contributed by atoms with Crippen LogP contribution in [0, 0.1) is 5.92 Å². The molecule has 0 bridgehead atoms. The molecule has 0 fully saturated rings. The molecule has 2 N–H and O–H groups in total. The Kier molecular flexibility index (Phi) is 4.69. The second-order valence-electron chi connectivity index (χ2n) is 4.06. The Morgan fingerprint density at radius 2 is 1.82 bits per heavy atom. The van der Waals surface area contributed by atoms with Crippen molar-refractivity contribution in [1.29, 1.82) is 0 Å². The molecule has 17 heavy (non-hydrogen) atoms. The summed E-state index contributed by atoms with van der Waals surface area (Å²) in [7, 11) is 0. The predicted octanol–water partition coefficient (Wildman–Crippen LogP) is 2.63. The van der Waals surface area contributed by atoms with Crippen LogP contribution in [0.25, 0.3) is 0 Å². The molecule has 0 aliphatic carbocycles. The summed E-state index contributed by atoms with van der Waals surface area (Å²) in [6, 6.07) is 7.10. The van der Waals surface area contributed by atoms with E-state index in [0.29, 0.717) is 11.4 Å². The topological polar surface area (TPSA) is 58.2 Å². The second kappa shape index (κ2) is 6.03. The number of carbonyl (C=O) groups excluding carboxylic acids is 2. The van der Waals surface area contributed by atoms with E-state index in [9.17, 15) is 9.59 Å². The van der Waals surface area contributed by atoms with E-state index in [4.69, 9.17) is 0 Å². The second-order valence-corrected chi connectivity index (χ2v) is 4.06. The van der Waals surface area contributed by atoms with Crippen molar-refractivity contribution in [3.8, 4) is 0 Å². The molecule has 0 spiro atoms. The van der Waals surface area contributed by atoms with Gasteiger partial charge in [-0.25, -0.2) is 0 Å². The highest BCUT2D eigenvalue weighted by atomic mass is 16.2. The van der Waals surface area contributed by atoms with Crippen LogP contribution in [0.4, 0.5) is 11.4 Å². The Balaban J connectivity index is 2.72. The van der Waals surface area contributed by atoms with Gasteiger partial charge in [-0.05, 0) is 24.6 Å². The van der Waals surface area contributed by atoms with Gasteiger partial charge in [-0.2, -0.15) is 0 Å². The van der Waals surface area contributed by atoms with E-state index in [1.165, 1.54) is 6.92 Å². The van der Waals surface area contributed by atoms with Crippen LogP contribution >= 0.6 is 0 Å². The van der Waals surface area contributed by atoms with E-state index in [1.54, 1.807) is 24.3 Å². The van der Waals surface area contributed by atoms with Crippen LogP contribution in [0.1, 0.15) is 27.2 Å². The highest BCUT2D eigenvalue weighted by Gasteiger charge is 2.10. The lowest BCUT2D eigenvalue weighted by molar-refractivity contribution is -0.119. The molecule has 0 saturated carbocycles. The number of hydrogen-bond acceptors (Lipinski definition) is 2. The zero-order valence-corrected chi connectivity index (χ0v) is 10.4. The lowest BCUT2D eigenvalue weighted by atomic mass is 10.1. The van der Waals surface area contributed by atoms with E-state index in [-0.39, 0.29) is 17.7 Å². The van der Waals surface area contributed by atoms with Crippen molar-refractivity contribution < 1.29 is 9.59 Å². The monoisotopic (exact) mass is 234 g/mol. The Morgan fingerprint density at radius 3 is 2.35 bits per heavy atom. The number of benzene rings is 1. The molecule has 2 amide bonds. The number of nitrogens with one attached hydrogen (secondary N) is 2. The maximum atomic E-state index is 11.7. The molecule has 1 rings (SSSR count). The van der Waals surface area contributed by atoms with Crippen molar-refractivity contribution in [2.75, 3.05) is 10.6 Å². The van der Waals surface area contributed by atoms with Gasteiger partial charge in [0.2, 0.25) is 11.8 Å². The molecule has 92 valence electrons. The first-order valence-electron chi connectivity index (χ1n) is 5.71. The Bertz CT molecular complexity index is 416. The van der Waals surface area contributed by atoms with Gasteiger partial charge in [-0.15, -0.1) is 0 Å².